The molecule has 0 radical (unpaired) electrons. The van der Waals surface area contributed by atoms with Crippen LogP contribution in [0.5, 0.6) is 5.75 Å². The number of benzene rings is 2. The van der Waals surface area contributed by atoms with E-state index in [-0.39, 0.29) is 5.78 Å². The van der Waals surface area contributed by atoms with E-state index in [9.17, 15) is 4.79 Å². The molecule has 0 fully saturated rings. The van der Waals surface area contributed by atoms with Gasteiger partial charge in [0.1, 0.15) is 5.75 Å². The van der Waals surface area contributed by atoms with Gasteiger partial charge in [-0.15, -0.1) is 0 Å². The quantitative estimate of drug-likeness (QED) is 0.661. The van der Waals surface area contributed by atoms with Crippen molar-refractivity contribution in [3.8, 4) is 5.75 Å². The fourth-order valence-corrected chi connectivity index (χ4v) is 2.35. The first-order chi connectivity index (χ1) is 9.15. The molecule has 0 amide bonds. The second kappa shape index (κ2) is 4.43. The van der Waals surface area contributed by atoms with E-state index >= 15 is 0 Å². The lowest BCUT2D eigenvalue weighted by Gasteiger charge is -2.07. The molecule has 2 N–H and O–H groups in total. The number of carbonyl (C=O) groups is 1. The molecular weight excluding hydrogens is 238 g/mol. The zero-order valence-corrected chi connectivity index (χ0v) is 10.8. The lowest BCUT2D eigenvalue weighted by molar-refractivity contribution is 0.103. The minimum Gasteiger partial charge on any atom is -0.493 e. The summed E-state index contributed by atoms with van der Waals surface area (Å²) in [6, 6.07) is 11.1. The number of nitrogen functional groups attached to an aromatic ring is 1. The summed E-state index contributed by atoms with van der Waals surface area (Å²) in [5.74, 6) is 0.852. The summed E-state index contributed by atoms with van der Waals surface area (Å²) < 4.78 is 5.45. The zero-order chi connectivity index (χ0) is 13.4. The van der Waals surface area contributed by atoms with E-state index in [1.807, 2.05) is 31.2 Å². The molecule has 3 heteroatoms. The van der Waals surface area contributed by atoms with Crippen LogP contribution in [0.1, 0.15) is 27.0 Å². The highest BCUT2D eigenvalue weighted by Gasteiger charge is 2.17. The highest BCUT2D eigenvalue weighted by atomic mass is 16.5. The molecule has 2 aromatic rings. The Kier molecular flexibility index (Phi) is 2.75. The largest absolute Gasteiger partial charge is 0.493 e. The normalized spacial score (nSPS) is 12.9. The number of anilines is 1. The zero-order valence-electron chi connectivity index (χ0n) is 10.8. The minimum atomic E-state index is -0.0316. The highest BCUT2D eigenvalue weighted by Crippen LogP contribution is 2.27. The van der Waals surface area contributed by atoms with E-state index < -0.39 is 0 Å². The Labute approximate surface area is 112 Å². The Balaban J connectivity index is 2.02. The van der Waals surface area contributed by atoms with Gasteiger partial charge in [-0.2, -0.15) is 0 Å². The molecular formula is C16H15NO2. The molecule has 0 aliphatic carbocycles. The van der Waals surface area contributed by atoms with E-state index in [0.717, 1.165) is 23.3 Å². The molecule has 0 spiro atoms. The average molecular weight is 253 g/mol. The maximum absolute atomic E-state index is 12.5. The molecule has 0 atom stereocenters. The summed E-state index contributed by atoms with van der Waals surface area (Å²) in [4.78, 5) is 12.5. The van der Waals surface area contributed by atoms with E-state index in [1.54, 1.807) is 12.1 Å². The molecule has 0 saturated heterocycles. The summed E-state index contributed by atoms with van der Waals surface area (Å²) in [5, 5.41) is 0. The van der Waals surface area contributed by atoms with Crippen LogP contribution in [0.2, 0.25) is 0 Å². The van der Waals surface area contributed by atoms with Crippen LogP contribution >= 0.6 is 0 Å². The van der Waals surface area contributed by atoms with Crippen molar-refractivity contribution in [2.45, 2.75) is 13.3 Å². The predicted octanol–water partition coefficient (Wildman–Crippen LogP) is 2.74. The molecule has 96 valence electrons. The van der Waals surface area contributed by atoms with Gasteiger partial charge in [-0.1, -0.05) is 11.6 Å². The predicted molar refractivity (Wildman–Crippen MR) is 74.7 cm³/mol. The molecule has 1 heterocycles. The topological polar surface area (TPSA) is 52.3 Å². The third-order valence-electron chi connectivity index (χ3n) is 3.41. The number of carbonyl (C=O) groups excluding carboxylic acids is 1. The molecule has 3 rings (SSSR count). The average Bonchev–Trinajstić information content (AvgIpc) is 2.88. The third kappa shape index (κ3) is 2.08. The first-order valence-electron chi connectivity index (χ1n) is 6.32. The van der Waals surface area contributed by atoms with Crippen LogP contribution in [0.3, 0.4) is 0 Å². The van der Waals surface area contributed by atoms with Crippen LogP contribution < -0.4 is 10.5 Å². The van der Waals surface area contributed by atoms with E-state index in [0.29, 0.717) is 23.4 Å². The molecule has 0 saturated carbocycles. The Hall–Kier alpha value is -2.29. The van der Waals surface area contributed by atoms with Crippen LogP contribution in [0.25, 0.3) is 0 Å². The standard InChI is InChI=1S/C16H15NO2/c1-10-2-4-14(17)13(8-10)16(18)12-3-5-15-11(9-12)6-7-19-15/h2-5,8-9H,6-7,17H2,1H3. The van der Waals surface area contributed by atoms with Gasteiger partial charge in [0, 0.05) is 23.2 Å². The van der Waals surface area contributed by atoms with Crippen molar-refractivity contribution in [1.82, 2.24) is 0 Å². The van der Waals surface area contributed by atoms with Crippen molar-refractivity contribution in [2.24, 2.45) is 0 Å². The fourth-order valence-electron chi connectivity index (χ4n) is 2.35. The number of nitrogens with two attached hydrogens (primary N) is 1. The summed E-state index contributed by atoms with van der Waals surface area (Å²) >= 11 is 0. The van der Waals surface area contributed by atoms with Crippen molar-refractivity contribution >= 4 is 11.5 Å². The molecule has 0 aromatic heterocycles. The van der Waals surface area contributed by atoms with Gasteiger partial charge in [-0.3, -0.25) is 4.79 Å². The van der Waals surface area contributed by atoms with E-state index in [2.05, 4.69) is 0 Å². The van der Waals surface area contributed by atoms with Crippen molar-refractivity contribution in [1.29, 1.82) is 0 Å². The first kappa shape index (κ1) is 11.8. The Morgan fingerprint density at radius 1 is 1.21 bits per heavy atom. The number of ether oxygens (including phenoxy) is 1. The number of rotatable bonds is 2. The van der Waals surface area contributed by atoms with Crippen LogP contribution in [-0.4, -0.2) is 12.4 Å². The monoisotopic (exact) mass is 253 g/mol. The number of aryl methyl sites for hydroxylation is 1. The number of hydrogen-bond acceptors (Lipinski definition) is 3. The lowest BCUT2D eigenvalue weighted by Crippen LogP contribution is -2.06. The maximum Gasteiger partial charge on any atom is 0.195 e. The molecule has 2 aromatic carbocycles. The maximum atomic E-state index is 12.5. The fraction of sp³-hybridized carbons (Fsp3) is 0.188. The summed E-state index contributed by atoms with van der Waals surface area (Å²) in [6.07, 6.45) is 0.861. The van der Waals surface area contributed by atoms with Gasteiger partial charge in [-0.05, 0) is 42.8 Å². The summed E-state index contributed by atoms with van der Waals surface area (Å²) in [5.41, 5.74) is 9.78. The molecule has 0 unspecified atom stereocenters. The molecule has 1 aliphatic heterocycles. The summed E-state index contributed by atoms with van der Waals surface area (Å²) in [7, 11) is 0. The summed E-state index contributed by atoms with van der Waals surface area (Å²) in [6.45, 7) is 2.65. The number of hydrogen-bond donors (Lipinski definition) is 1. The molecule has 0 bridgehead atoms. The Morgan fingerprint density at radius 3 is 2.89 bits per heavy atom. The third-order valence-corrected chi connectivity index (χ3v) is 3.41. The second-order valence-electron chi connectivity index (χ2n) is 4.84. The molecule has 3 nitrogen and oxygen atoms in total. The highest BCUT2D eigenvalue weighted by molar-refractivity contribution is 6.12. The van der Waals surface area contributed by atoms with Gasteiger partial charge in [0.05, 0.1) is 6.61 Å². The van der Waals surface area contributed by atoms with Crippen LogP contribution in [0.15, 0.2) is 36.4 Å². The number of fused-ring (bicyclic) bond motifs is 1. The van der Waals surface area contributed by atoms with Gasteiger partial charge in [0.2, 0.25) is 0 Å². The van der Waals surface area contributed by atoms with E-state index in [1.165, 1.54) is 0 Å². The van der Waals surface area contributed by atoms with Gasteiger partial charge in [0.15, 0.2) is 5.78 Å². The number of ketones is 1. The van der Waals surface area contributed by atoms with Gasteiger partial charge >= 0.3 is 0 Å². The van der Waals surface area contributed by atoms with Crippen LogP contribution in [0.4, 0.5) is 5.69 Å². The van der Waals surface area contributed by atoms with Crippen molar-refractivity contribution in [2.75, 3.05) is 12.3 Å². The van der Waals surface area contributed by atoms with E-state index in [4.69, 9.17) is 10.5 Å². The van der Waals surface area contributed by atoms with Crippen molar-refractivity contribution in [3.63, 3.8) is 0 Å². The second-order valence-corrected chi connectivity index (χ2v) is 4.84. The Morgan fingerprint density at radius 2 is 2.05 bits per heavy atom. The molecule has 19 heavy (non-hydrogen) atoms. The first-order valence-corrected chi connectivity index (χ1v) is 6.32. The Bertz CT molecular complexity index is 662. The van der Waals surface area contributed by atoms with Gasteiger partial charge in [-0.25, -0.2) is 0 Å². The van der Waals surface area contributed by atoms with Gasteiger partial charge < -0.3 is 10.5 Å². The van der Waals surface area contributed by atoms with Crippen LogP contribution in [0, 0.1) is 6.92 Å². The SMILES string of the molecule is Cc1ccc(N)c(C(=O)c2ccc3c(c2)CCO3)c1. The molecule has 1 aliphatic rings. The lowest BCUT2D eigenvalue weighted by atomic mass is 9.98. The van der Waals surface area contributed by atoms with Crippen molar-refractivity contribution < 1.29 is 9.53 Å². The smallest absolute Gasteiger partial charge is 0.195 e. The van der Waals surface area contributed by atoms with Crippen molar-refractivity contribution in [3.05, 3.63) is 58.7 Å². The van der Waals surface area contributed by atoms with Gasteiger partial charge in [0.25, 0.3) is 0 Å². The van der Waals surface area contributed by atoms with Crippen LogP contribution in [-0.2, 0) is 6.42 Å². The minimum absolute atomic E-state index is 0.0316.